The van der Waals surface area contributed by atoms with Gasteiger partial charge in [-0.3, -0.25) is 14.6 Å². The minimum absolute atomic E-state index is 0.00266. The molecule has 2 aromatic carbocycles. The molecule has 0 aromatic heterocycles. The summed E-state index contributed by atoms with van der Waals surface area (Å²) in [5.41, 5.74) is 6.57. The molecule has 2 aromatic rings. The molecule has 2 saturated heterocycles. The van der Waals surface area contributed by atoms with Crippen LogP contribution >= 0.6 is 11.6 Å². The third-order valence-electron chi connectivity index (χ3n) is 8.57. The van der Waals surface area contributed by atoms with Gasteiger partial charge in [-0.15, -0.1) is 0 Å². The highest BCUT2D eigenvalue weighted by Crippen LogP contribution is 2.42. The molecule has 0 spiro atoms. The van der Waals surface area contributed by atoms with Crippen molar-refractivity contribution in [3.8, 4) is 11.8 Å². The first kappa shape index (κ1) is 30.1. The maximum Gasteiger partial charge on any atom is 0.471 e. The molecular formula is C31H38ClF3N6O5S. The van der Waals surface area contributed by atoms with E-state index in [2.05, 4.69) is 10.8 Å². The molecule has 2 heterocycles. The van der Waals surface area contributed by atoms with Crippen LogP contribution in [0.3, 0.4) is 0 Å². The van der Waals surface area contributed by atoms with E-state index in [1.165, 1.54) is 19.1 Å². The monoisotopic (exact) mass is 702 g/mol. The zero-order chi connectivity index (χ0) is 37.4. The molecule has 16 heteroatoms. The Bertz CT molecular complexity index is 1790. The first-order chi connectivity index (χ1) is 24.0. The van der Waals surface area contributed by atoms with Gasteiger partial charge in [-0.25, -0.2) is 13.1 Å². The molecule has 1 aliphatic carbocycles. The van der Waals surface area contributed by atoms with Crippen LogP contribution in [0.4, 0.5) is 13.2 Å². The fourth-order valence-corrected chi connectivity index (χ4v) is 7.72. The van der Waals surface area contributed by atoms with E-state index >= 15 is 0 Å². The third-order valence-corrected chi connectivity index (χ3v) is 10.2. The highest BCUT2D eigenvalue weighted by molar-refractivity contribution is 7.89. The number of halogens is 4. The van der Waals surface area contributed by atoms with Crippen LogP contribution in [0.2, 0.25) is 5.02 Å². The van der Waals surface area contributed by atoms with Crippen LogP contribution in [0.25, 0.3) is 0 Å². The number of nitrogens with two attached hydrogens (primary N) is 1. The lowest BCUT2D eigenvalue weighted by atomic mass is 10.0. The van der Waals surface area contributed by atoms with Crippen LogP contribution in [0.5, 0.6) is 5.75 Å². The molecule has 256 valence electrons. The first-order valence-electron chi connectivity index (χ1n) is 17.1. The number of benzene rings is 2. The van der Waals surface area contributed by atoms with Crippen LogP contribution in [-0.4, -0.2) is 112 Å². The smallest absolute Gasteiger partial charge is 0.471 e. The van der Waals surface area contributed by atoms with Crippen molar-refractivity contribution in [2.45, 2.75) is 55.1 Å². The number of amides is 1. The van der Waals surface area contributed by atoms with Crippen molar-refractivity contribution < 1.29 is 41.3 Å². The number of hydrogen-bond acceptors (Lipinski definition) is 9. The van der Waals surface area contributed by atoms with Gasteiger partial charge in [0.1, 0.15) is 11.9 Å². The number of carbonyl (C=O) groups is 1. The minimum Gasteiger partial charge on any atom is -0.484 e. The number of alkyl halides is 3. The molecule has 2 aliphatic heterocycles. The molecule has 0 saturated carbocycles. The van der Waals surface area contributed by atoms with E-state index in [0.717, 1.165) is 4.90 Å². The number of likely N-dealkylation sites (tertiary alicyclic amines) is 1. The van der Waals surface area contributed by atoms with Crippen LogP contribution in [0.15, 0.2) is 41.2 Å². The molecule has 1 amide bonds. The summed E-state index contributed by atoms with van der Waals surface area (Å²) in [5, 5.41) is 10.0. The molecule has 0 unspecified atom stereocenters. The molecule has 5 rings (SSSR count). The summed E-state index contributed by atoms with van der Waals surface area (Å²) in [6, 6.07) is -0.258. The van der Waals surface area contributed by atoms with Gasteiger partial charge >= 0.3 is 12.1 Å². The first-order valence-corrected chi connectivity index (χ1v) is 17.0. The van der Waals surface area contributed by atoms with Gasteiger partial charge in [0.25, 0.3) is 0 Å². The van der Waals surface area contributed by atoms with Gasteiger partial charge in [0.15, 0.2) is 0 Å². The highest BCUT2D eigenvalue weighted by atomic mass is 35.5. The average molecular weight is 703 g/mol. The number of ether oxygens (including phenoxy) is 2. The van der Waals surface area contributed by atoms with Crippen molar-refractivity contribution in [1.29, 1.82) is 5.26 Å². The lowest BCUT2D eigenvalue weighted by molar-refractivity contribution is -0.190. The Morgan fingerprint density at radius 3 is 2.60 bits per heavy atom. The van der Waals surface area contributed by atoms with E-state index < -0.39 is 81.2 Å². The fourth-order valence-electron chi connectivity index (χ4n) is 6.38. The number of nitriles is 1. The van der Waals surface area contributed by atoms with Crippen LogP contribution in [0, 0.1) is 11.3 Å². The second-order valence-corrected chi connectivity index (χ2v) is 13.8. The predicted octanol–water partition coefficient (Wildman–Crippen LogP) is 2.68. The summed E-state index contributed by atoms with van der Waals surface area (Å²) in [7, 11) is -4.54. The molecule has 3 N–H and O–H groups in total. The zero-order valence-electron chi connectivity index (χ0n) is 29.6. The topological polar surface area (TPSA) is 141 Å². The Hall–Kier alpha value is -2.97. The normalized spacial score (nSPS) is 25.1. The molecule has 0 bridgehead atoms. The summed E-state index contributed by atoms with van der Waals surface area (Å²) in [5.74, 6) is -2.50. The number of fused-ring (bicyclic) bond motifs is 1. The highest BCUT2D eigenvalue weighted by Gasteiger charge is 2.47. The molecule has 2 fully saturated rings. The van der Waals surface area contributed by atoms with Gasteiger partial charge in [0, 0.05) is 56.4 Å². The minimum atomic E-state index is -5.05. The number of rotatable bonds is 11. The number of carbonyl (C=O) groups excluding carboxylic acids is 1. The van der Waals surface area contributed by atoms with Gasteiger partial charge in [0.2, 0.25) is 10.0 Å². The van der Waals surface area contributed by atoms with Crippen molar-refractivity contribution in [2.75, 3.05) is 59.0 Å². The standard InChI is InChI=1S/C31H38ClF3N6O5S/c1-20-18-40(9-10-41(20)30(42)31(33,34)35)28-16-26-21(17-37)14-22(32)15-27(26)29(28)46-24-2-4-25(5-3-24)47(43,44)38-23-6-8-39(19-23)11-13-45-12-7-36/h2-5,14-15,20,23,28-29,38H,6-13,16,18-19,36H2,1H3/t20-,23+,28+,29+/m1/s1/i2D,3D,4D,5D. The van der Waals surface area contributed by atoms with Crippen LogP contribution < -0.4 is 15.2 Å². The van der Waals surface area contributed by atoms with E-state index in [1.54, 1.807) is 4.90 Å². The predicted molar refractivity (Wildman–Crippen MR) is 167 cm³/mol. The number of sulfonamides is 1. The van der Waals surface area contributed by atoms with Crippen molar-refractivity contribution in [1.82, 2.24) is 19.4 Å². The largest absolute Gasteiger partial charge is 0.484 e. The van der Waals surface area contributed by atoms with Crippen molar-refractivity contribution in [3.05, 3.63) is 58.0 Å². The number of hydrogen-bond donors (Lipinski definition) is 2. The second-order valence-electron chi connectivity index (χ2n) is 11.7. The van der Waals surface area contributed by atoms with E-state index in [1.807, 2.05) is 4.90 Å². The molecule has 0 radical (unpaired) electrons. The van der Waals surface area contributed by atoms with E-state index in [4.69, 9.17) is 32.3 Å². The van der Waals surface area contributed by atoms with E-state index in [0.29, 0.717) is 56.9 Å². The van der Waals surface area contributed by atoms with Gasteiger partial charge in [-0.1, -0.05) is 11.6 Å². The summed E-state index contributed by atoms with van der Waals surface area (Å²) < 4.78 is 116. The Morgan fingerprint density at radius 2 is 1.94 bits per heavy atom. The Balaban J connectivity index is 1.43. The SMILES string of the molecule is [2H]c1c([2H])c(S(=O)(=O)N[C@H]2CCN(CCOCCN)C2)c([2H])c([2H])c1O[C@H]1c2cc(Cl)cc(C#N)c2C[C@@H]1N1CCN(C(=O)C(F)(F)F)[C@H](C)C1. The fraction of sp³-hybridized carbons (Fsp3) is 0.548. The molecule has 3 aliphatic rings. The maximum atomic E-state index is 13.5. The molecule has 4 atom stereocenters. The van der Waals surface area contributed by atoms with Crippen LogP contribution in [0.1, 0.15) is 41.6 Å². The van der Waals surface area contributed by atoms with Crippen molar-refractivity contribution in [3.63, 3.8) is 0 Å². The summed E-state index contributed by atoms with van der Waals surface area (Å²) in [6.07, 6.45) is -5.52. The Labute approximate surface area is 283 Å². The third kappa shape index (κ3) is 8.19. The lowest BCUT2D eigenvalue weighted by Gasteiger charge is -2.43. The number of nitrogens with zero attached hydrogens (tertiary/aromatic N) is 4. The Kier molecular flexibility index (Phi) is 9.39. The number of piperazine rings is 1. The van der Waals surface area contributed by atoms with Gasteiger partial charge < -0.3 is 20.1 Å². The average Bonchev–Trinajstić information content (AvgIpc) is 3.66. The molecule has 11 nitrogen and oxygen atoms in total. The van der Waals surface area contributed by atoms with E-state index in [9.17, 15) is 31.6 Å². The summed E-state index contributed by atoms with van der Waals surface area (Å²) >= 11 is 6.34. The Morgan fingerprint density at radius 1 is 1.19 bits per heavy atom. The van der Waals surface area contributed by atoms with Gasteiger partial charge in [-0.05, 0) is 73.7 Å². The lowest BCUT2D eigenvalue weighted by Crippen LogP contribution is -2.59. The summed E-state index contributed by atoms with van der Waals surface area (Å²) in [6.45, 7) is 3.89. The van der Waals surface area contributed by atoms with Gasteiger partial charge in [0.05, 0.1) is 41.3 Å². The molecular weight excluding hydrogens is 661 g/mol. The van der Waals surface area contributed by atoms with Gasteiger partial charge in [-0.2, -0.15) is 18.4 Å². The zero-order valence-corrected chi connectivity index (χ0v) is 27.1. The number of nitrogens with one attached hydrogen (secondary N) is 1. The van der Waals surface area contributed by atoms with Crippen LogP contribution in [-0.2, 0) is 26.0 Å². The second kappa shape index (κ2) is 14.7. The van der Waals surface area contributed by atoms with E-state index in [-0.39, 0.29) is 36.6 Å². The van der Waals surface area contributed by atoms with Crippen molar-refractivity contribution in [2.24, 2.45) is 5.73 Å². The quantitative estimate of drug-likeness (QED) is 0.338. The maximum absolute atomic E-state index is 13.5. The summed E-state index contributed by atoms with van der Waals surface area (Å²) in [4.78, 5) is 15.7. The van der Waals surface area contributed by atoms with Crippen molar-refractivity contribution >= 4 is 27.5 Å². The molecule has 47 heavy (non-hydrogen) atoms.